The van der Waals surface area contributed by atoms with Crippen LogP contribution in [0.15, 0.2) is 0 Å². The van der Waals surface area contributed by atoms with E-state index in [2.05, 4.69) is 26.1 Å². The van der Waals surface area contributed by atoms with Gasteiger partial charge in [0.2, 0.25) is 0 Å². The predicted octanol–water partition coefficient (Wildman–Crippen LogP) is 1.16. The molecule has 13 heavy (non-hydrogen) atoms. The average Bonchev–Trinajstić information content (AvgIpc) is 2.04. The third kappa shape index (κ3) is 4.60. The van der Waals surface area contributed by atoms with Gasteiger partial charge in [-0.2, -0.15) is 0 Å². The fourth-order valence-electron chi connectivity index (χ4n) is 1.56. The minimum absolute atomic E-state index is 0.0474. The zero-order valence-electron chi connectivity index (χ0n) is 9.48. The molecule has 0 radical (unpaired) electrons. The second kappa shape index (κ2) is 4.94. The molecule has 0 heterocycles. The van der Waals surface area contributed by atoms with Crippen molar-refractivity contribution in [2.24, 2.45) is 0 Å². The first kappa shape index (κ1) is 12.9. The van der Waals surface area contributed by atoms with Crippen LogP contribution in [0.25, 0.3) is 0 Å². The third-order valence-electron chi connectivity index (χ3n) is 2.64. The maximum Gasteiger partial charge on any atom is 0.0640 e. The molecule has 1 atom stereocenters. The van der Waals surface area contributed by atoms with Crippen LogP contribution in [-0.2, 0) is 4.74 Å². The van der Waals surface area contributed by atoms with Crippen LogP contribution >= 0.6 is 0 Å². The fourth-order valence-corrected chi connectivity index (χ4v) is 1.56. The van der Waals surface area contributed by atoms with Gasteiger partial charge in [0, 0.05) is 19.3 Å². The lowest BCUT2D eigenvalue weighted by molar-refractivity contribution is -0.00871. The highest BCUT2D eigenvalue weighted by Crippen LogP contribution is 2.24. The van der Waals surface area contributed by atoms with Gasteiger partial charge in [0.15, 0.2) is 0 Å². The largest absolute Gasteiger partial charge is 0.396 e. The highest BCUT2D eigenvalue weighted by atomic mass is 16.5. The second-order valence-corrected chi connectivity index (χ2v) is 4.42. The van der Waals surface area contributed by atoms with Crippen molar-refractivity contribution in [1.82, 2.24) is 5.32 Å². The van der Waals surface area contributed by atoms with E-state index in [1.807, 2.05) is 7.05 Å². The molecule has 0 aromatic carbocycles. The van der Waals surface area contributed by atoms with Crippen molar-refractivity contribution in [2.45, 2.75) is 44.8 Å². The monoisotopic (exact) mass is 189 g/mol. The van der Waals surface area contributed by atoms with Gasteiger partial charge in [-0.3, -0.25) is 0 Å². The molecule has 0 aromatic heterocycles. The van der Waals surface area contributed by atoms with E-state index in [9.17, 15) is 0 Å². The van der Waals surface area contributed by atoms with Gasteiger partial charge >= 0.3 is 0 Å². The maximum absolute atomic E-state index is 8.92. The van der Waals surface area contributed by atoms with Gasteiger partial charge in [0.1, 0.15) is 0 Å². The lowest BCUT2D eigenvalue weighted by atomic mass is 9.85. The molecule has 0 aliphatic heterocycles. The summed E-state index contributed by atoms with van der Waals surface area (Å²) in [5.41, 5.74) is -0.193. The van der Waals surface area contributed by atoms with Gasteiger partial charge in [-0.05, 0) is 40.7 Å². The summed E-state index contributed by atoms with van der Waals surface area (Å²) >= 11 is 0. The number of hydrogen-bond acceptors (Lipinski definition) is 3. The van der Waals surface area contributed by atoms with E-state index in [1.54, 1.807) is 7.11 Å². The van der Waals surface area contributed by atoms with Crippen LogP contribution in [0.5, 0.6) is 0 Å². The predicted molar refractivity (Wildman–Crippen MR) is 54.9 cm³/mol. The van der Waals surface area contributed by atoms with Gasteiger partial charge < -0.3 is 15.2 Å². The molecule has 0 rings (SSSR count). The molecular weight excluding hydrogens is 166 g/mol. The summed E-state index contributed by atoms with van der Waals surface area (Å²) < 4.78 is 5.36. The van der Waals surface area contributed by atoms with Crippen molar-refractivity contribution in [1.29, 1.82) is 0 Å². The Morgan fingerprint density at radius 2 is 1.85 bits per heavy atom. The van der Waals surface area contributed by atoms with Crippen molar-refractivity contribution in [3.8, 4) is 0 Å². The van der Waals surface area contributed by atoms with Crippen molar-refractivity contribution in [2.75, 3.05) is 20.8 Å². The second-order valence-electron chi connectivity index (χ2n) is 4.42. The molecule has 0 amide bonds. The summed E-state index contributed by atoms with van der Waals surface area (Å²) in [6.45, 7) is 6.42. The first-order valence-electron chi connectivity index (χ1n) is 4.74. The molecule has 3 heteroatoms. The van der Waals surface area contributed by atoms with E-state index in [0.717, 1.165) is 12.8 Å². The van der Waals surface area contributed by atoms with Crippen LogP contribution in [0.4, 0.5) is 0 Å². The van der Waals surface area contributed by atoms with E-state index in [1.165, 1.54) is 0 Å². The van der Waals surface area contributed by atoms with E-state index in [0.29, 0.717) is 0 Å². The van der Waals surface area contributed by atoms with Gasteiger partial charge in [0.05, 0.1) is 5.60 Å². The Labute approximate surface area is 81.5 Å². The van der Waals surface area contributed by atoms with Gasteiger partial charge in [-0.25, -0.2) is 0 Å². The Morgan fingerprint density at radius 1 is 1.31 bits per heavy atom. The lowest BCUT2D eigenvalue weighted by Crippen LogP contribution is -2.46. The summed E-state index contributed by atoms with van der Waals surface area (Å²) in [7, 11) is 3.64. The standard InChI is InChI=1S/C10H23NO2/c1-9(2,13-5)8-10(3,11-4)6-7-12/h11-12H,6-8H2,1-5H3. The normalized spacial score (nSPS) is 17.1. The van der Waals surface area contributed by atoms with Crippen LogP contribution < -0.4 is 5.32 Å². The summed E-state index contributed by atoms with van der Waals surface area (Å²) in [5.74, 6) is 0. The molecule has 1 unspecified atom stereocenters. The molecule has 3 nitrogen and oxygen atoms in total. The third-order valence-corrected chi connectivity index (χ3v) is 2.64. The Kier molecular flexibility index (Phi) is 4.89. The first-order chi connectivity index (χ1) is 5.89. The summed E-state index contributed by atoms with van der Waals surface area (Å²) in [4.78, 5) is 0. The van der Waals surface area contributed by atoms with E-state index in [4.69, 9.17) is 9.84 Å². The molecule has 0 bridgehead atoms. The molecule has 0 saturated heterocycles. The number of nitrogens with one attached hydrogen (secondary N) is 1. The SMILES string of the molecule is CNC(C)(CCO)CC(C)(C)OC. The van der Waals surface area contributed by atoms with Gasteiger partial charge in [-0.15, -0.1) is 0 Å². The molecule has 80 valence electrons. The Bertz CT molecular complexity index is 148. The summed E-state index contributed by atoms with van der Waals surface area (Å²) in [6, 6.07) is 0. The molecule has 0 fully saturated rings. The van der Waals surface area contributed by atoms with Gasteiger partial charge in [-0.1, -0.05) is 0 Å². The zero-order valence-corrected chi connectivity index (χ0v) is 9.48. The Hall–Kier alpha value is -0.120. The van der Waals surface area contributed by atoms with Crippen LogP contribution in [0.1, 0.15) is 33.6 Å². The number of rotatable bonds is 6. The molecule has 0 spiro atoms. The highest BCUT2D eigenvalue weighted by Gasteiger charge is 2.30. The number of aliphatic hydroxyl groups excluding tert-OH is 1. The average molecular weight is 189 g/mol. The molecule has 0 saturated carbocycles. The topological polar surface area (TPSA) is 41.5 Å². The van der Waals surface area contributed by atoms with Crippen molar-refractivity contribution < 1.29 is 9.84 Å². The quantitative estimate of drug-likeness (QED) is 0.659. The van der Waals surface area contributed by atoms with Crippen LogP contribution in [0.3, 0.4) is 0 Å². The maximum atomic E-state index is 8.92. The number of ether oxygens (including phenoxy) is 1. The minimum atomic E-state index is -0.146. The number of hydrogen-bond donors (Lipinski definition) is 2. The minimum Gasteiger partial charge on any atom is -0.396 e. The molecule has 0 aliphatic carbocycles. The van der Waals surface area contributed by atoms with Crippen molar-refractivity contribution in [3.63, 3.8) is 0 Å². The smallest absolute Gasteiger partial charge is 0.0640 e. The van der Waals surface area contributed by atoms with E-state index < -0.39 is 0 Å². The first-order valence-corrected chi connectivity index (χ1v) is 4.74. The highest BCUT2D eigenvalue weighted by molar-refractivity contribution is 4.88. The number of aliphatic hydroxyl groups is 1. The molecule has 0 aliphatic rings. The van der Waals surface area contributed by atoms with Crippen molar-refractivity contribution >= 4 is 0 Å². The molecular formula is C10H23NO2. The summed E-state index contributed by atoms with van der Waals surface area (Å²) in [6.07, 6.45) is 1.63. The Morgan fingerprint density at radius 3 is 2.15 bits per heavy atom. The lowest BCUT2D eigenvalue weighted by Gasteiger charge is -2.36. The Balaban J connectivity index is 4.25. The van der Waals surface area contributed by atoms with Crippen molar-refractivity contribution in [3.05, 3.63) is 0 Å². The molecule has 2 N–H and O–H groups in total. The van der Waals surface area contributed by atoms with Crippen LogP contribution in [-0.4, -0.2) is 37.0 Å². The van der Waals surface area contributed by atoms with Crippen LogP contribution in [0, 0.1) is 0 Å². The van der Waals surface area contributed by atoms with E-state index >= 15 is 0 Å². The zero-order chi connectivity index (χ0) is 10.5. The van der Waals surface area contributed by atoms with E-state index in [-0.39, 0.29) is 17.7 Å². The summed E-state index contributed by atoms with van der Waals surface area (Å²) in [5, 5.41) is 12.2. The molecule has 0 aromatic rings. The van der Waals surface area contributed by atoms with Gasteiger partial charge in [0.25, 0.3) is 0 Å². The number of methoxy groups -OCH3 is 1. The van der Waals surface area contributed by atoms with Crippen LogP contribution in [0.2, 0.25) is 0 Å². The fraction of sp³-hybridized carbons (Fsp3) is 1.00.